The standard InChI is InChI=1S/C12H18N2O2/c1-8(2)6-7-14-10-5-3-4-9(10)11(13-14)12(15)16/h8H,3-7H2,1-2H3,(H,15,16). The lowest BCUT2D eigenvalue weighted by molar-refractivity contribution is 0.0688. The van der Waals surface area contributed by atoms with Crippen LogP contribution in [0.15, 0.2) is 0 Å². The maximum absolute atomic E-state index is 11.0. The Labute approximate surface area is 95.3 Å². The highest BCUT2D eigenvalue weighted by Crippen LogP contribution is 2.25. The quantitative estimate of drug-likeness (QED) is 0.849. The molecule has 0 aliphatic heterocycles. The van der Waals surface area contributed by atoms with Gasteiger partial charge in [0.25, 0.3) is 0 Å². The van der Waals surface area contributed by atoms with Gasteiger partial charge in [0.05, 0.1) is 0 Å². The Morgan fingerprint density at radius 3 is 2.88 bits per heavy atom. The number of carboxylic acid groups (broad SMARTS) is 1. The van der Waals surface area contributed by atoms with Gasteiger partial charge in [-0.25, -0.2) is 4.79 Å². The summed E-state index contributed by atoms with van der Waals surface area (Å²) in [7, 11) is 0. The van der Waals surface area contributed by atoms with Crippen molar-refractivity contribution in [3.05, 3.63) is 17.0 Å². The third kappa shape index (κ3) is 1.96. The zero-order valence-electron chi connectivity index (χ0n) is 9.86. The molecule has 4 heteroatoms. The molecule has 0 radical (unpaired) electrons. The molecule has 2 rings (SSSR count). The van der Waals surface area contributed by atoms with Crippen molar-refractivity contribution in [2.45, 2.75) is 46.1 Å². The number of rotatable bonds is 4. The molecule has 0 aromatic carbocycles. The van der Waals surface area contributed by atoms with E-state index in [9.17, 15) is 4.79 Å². The lowest BCUT2D eigenvalue weighted by Gasteiger charge is -2.07. The summed E-state index contributed by atoms with van der Waals surface area (Å²) in [6.45, 7) is 5.18. The second-order valence-corrected chi connectivity index (χ2v) is 4.84. The van der Waals surface area contributed by atoms with Crippen LogP contribution in [0.5, 0.6) is 0 Å². The zero-order valence-corrected chi connectivity index (χ0v) is 9.86. The molecular weight excluding hydrogens is 204 g/mol. The van der Waals surface area contributed by atoms with Crippen LogP contribution in [-0.2, 0) is 19.4 Å². The number of aromatic nitrogens is 2. The van der Waals surface area contributed by atoms with Crippen LogP contribution < -0.4 is 0 Å². The number of carboxylic acids is 1. The Morgan fingerprint density at radius 1 is 1.50 bits per heavy atom. The van der Waals surface area contributed by atoms with Crippen molar-refractivity contribution >= 4 is 5.97 Å². The third-order valence-electron chi connectivity index (χ3n) is 3.13. The lowest BCUT2D eigenvalue weighted by Crippen LogP contribution is -2.08. The average molecular weight is 222 g/mol. The summed E-state index contributed by atoms with van der Waals surface area (Å²) in [5.41, 5.74) is 2.39. The Morgan fingerprint density at radius 2 is 2.25 bits per heavy atom. The third-order valence-corrected chi connectivity index (χ3v) is 3.13. The molecule has 4 nitrogen and oxygen atoms in total. The summed E-state index contributed by atoms with van der Waals surface area (Å²) in [6.07, 6.45) is 3.97. The maximum Gasteiger partial charge on any atom is 0.356 e. The van der Waals surface area contributed by atoms with E-state index >= 15 is 0 Å². The SMILES string of the molecule is CC(C)CCn1nc(C(=O)O)c2c1CCC2. The van der Waals surface area contributed by atoms with Gasteiger partial charge in [-0.1, -0.05) is 13.8 Å². The molecule has 0 amide bonds. The van der Waals surface area contributed by atoms with Crippen LogP contribution in [0.3, 0.4) is 0 Å². The van der Waals surface area contributed by atoms with Crippen molar-refractivity contribution in [1.29, 1.82) is 0 Å². The van der Waals surface area contributed by atoms with Gasteiger partial charge in [-0.05, 0) is 31.6 Å². The minimum Gasteiger partial charge on any atom is -0.476 e. The van der Waals surface area contributed by atoms with Crippen LogP contribution >= 0.6 is 0 Å². The van der Waals surface area contributed by atoms with Crippen LogP contribution in [0.4, 0.5) is 0 Å². The van der Waals surface area contributed by atoms with Gasteiger partial charge in [-0.15, -0.1) is 0 Å². The number of nitrogens with zero attached hydrogens (tertiary/aromatic N) is 2. The van der Waals surface area contributed by atoms with Crippen molar-refractivity contribution in [2.24, 2.45) is 5.92 Å². The zero-order chi connectivity index (χ0) is 11.7. The summed E-state index contributed by atoms with van der Waals surface area (Å²) in [6, 6.07) is 0. The smallest absolute Gasteiger partial charge is 0.356 e. The van der Waals surface area contributed by atoms with Crippen molar-refractivity contribution in [3.63, 3.8) is 0 Å². The molecule has 88 valence electrons. The van der Waals surface area contributed by atoms with E-state index < -0.39 is 5.97 Å². The Hall–Kier alpha value is -1.32. The largest absolute Gasteiger partial charge is 0.476 e. The van der Waals surface area contributed by atoms with Gasteiger partial charge in [0.15, 0.2) is 5.69 Å². The van der Waals surface area contributed by atoms with Crippen LogP contribution in [0.25, 0.3) is 0 Å². The molecule has 1 aliphatic carbocycles. The normalized spacial score (nSPS) is 14.4. The lowest BCUT2D eigenvalue weighted by atomic mass is 10.1. The van der Waals surface area contributed by atoms with Crippen molar-refractivity contribution in [3.8, 4) is 0 Å². The van der Waals surface area contributed by atoms with E-state index in [2.05, 4.69) is 18.9 Å². The molecule has 1 heterocycles. The highest BCUT2D eigenvalue weighted by atomic mass is 16.4. The molecule has 1 aromatic rings. The maximum atomic E-state index is 11.0. The Kier molecular flexibility index (Phi) is 2.99. The molecule has 0 atom stereocenters. The van der Waals surface area contributed by atoms with Gasteiger partial charge in [0.2, 0.25) is 0 Å². The summed E-state index contributed by atoms with van der Waals surface area (Å²) in [5, 5.41) is 13.3. The van der Waals surface area contributed by atoms with Crippen LogP contribution in [0, 0.1) is 5.92 Å². The number of hydrogen-bond acceptors (Lipinski definition) is 2. The number of hydrogen-bond donors (Lipinski definition) is 1. The van der Waals surface area contributed by atoms with Crippen LogP contribution in [0.1, 0.15) is 48.4 Å². The van der Waals surface area contributed by atoms with Gasteiger partial charge in [0.1, 0.15) is 0 Å². The van der Waals surface area contributed by atoms with Gasteiger partial charge >= 0.3 is 5.97 Å². The predicted octanol–water partition coefficient (Wildman–Crippen LogP) is 2.12. The Bertz CT molecular complexity index is 407. The first-order valence-corrected chi connectivity index (χ1v) is 5.91. The van der Waals surface area contributed by atoms with Gasteiger partial charge in [-0.3, -0.25) is 4.68 Å². The summed E-state index contributed by atoms with van der Waals surface area (Å²) >= 11 is 0. The van der Waals surface area contributed by atoms with Gasteiger partial charge < -0.3 is 5.11 Å². The minimum atomic E-state index is -0.888. The second-order valence-electron chi connectivity index (χ2n) is 4.84. The van der Waals surface area contributed by atoms with Gasteiger partial charge in [0, 0.05) is 17.8 Å². The van der Waals surface area contributed by atoms with Crippen LogP contribution in [-0.4, -0.2) is 20.9 Å². The van der Waals surface area contributed by atoms with E-state index in [-0.39, 0.29) is 5.69 Å². The fourth-order valence-electron chi connectivity index (χ4n) is 2.25. The molecule has 1 N–H and O–H groups in total. The van der Waals surface area contributed by atoms with Crippen LogP contribution in [0.2, 0.25) is 0 Å². The number of aromatic carboxylic acids is 1. The monoisotopic (exact) mass is 222 g/mol. The highest BCUT2D eigenvalue weighted by molar-refractivity contribution is 5.87. The van der Waals surface area contributed by atoms with Crippen molar-refractivity contribution in [2.75, 3.05) is 0 Å². The van der Waals surface area contributed by atoms with Crippen molar-refractivity contribution in [1.82, 2.24) is 9.78 Å². The molecule has 0 saturated carbocycles. The summed E-state index contributed by atoms with van der Waals surface area (Å²) < 4.78 is 1.91. The fourth-order valence-corrected chi connectivity index (χ4v) is 2.25. The summed E-state index contributed by atoms with van der Waals surface area (Å²) in [4.78, 5) is 11.0. The molecule has 1 aliphatic rings. The number of carbonyl (C=O) groups is 1. The topological polar surface area (TPSA) is 55.1 Å². The molecule has 1 aromatic heterocycles. The molecule has 16 heavy (non-hydrogen) atoms. The Balaban J connectivity index is 2.25. The molecule has 0 bridgehead atoms. The highest BCUT2D eigenvalue weighted by Gasteiger charge is 2.25. The molecular formula is C12H18N2O2. The first kappa shape index (κ1) is 11.2. The minimum absolute atomic E-state index is 0.274. The van der Waals surface area contributed by atoms with E-state index in [0.717, 1.165) is 43.5 Å². The number of fused-ring (bicyclic) bond motifs is 1. The van der Waals surface area contributed by atoms with Gasteiger partial charge in [-0.2, -0.15) is 5.10 Å². The number of aryl methyl sites for hydroxylation is 1. The fraction of sp³-hybridized carbons (Fsp3) is 0.667. The predicted molar refractivity (Wildman–Crippen MR) is 60.7 cm³/mol. The first-order chi connectivity index (χ1) is 7.59. The van der Waals surface area contributed by atoms with Crippen molar-refractivity contribution < 1.29 is 9.90 Å². The first-order valence-electron chi connectivity index (χ1n) is 5.91. The molecule has 0 unspecified atom stereocenters. The summed E-state index contributed by atoms with van der Waals surface area (Å²) in [5.74, 6) is -0.268. The van der Waals surface area contributed by atoms with E-state index in [1.54, 1.807) is 0 Å². The van der Waals surface area contributed by atoms with E-state index in [1.165, 1.54) is 0 Å². The van der Waals surface area contributed by atoms with E-state index in [4.69, 9.17) is 5.11 Å². The molecule has 0 spiro atoms. The second kappa shape index (κ2) is 4.28. The van der Waals surface area contributed by atoms with E-state index in [0.29, 0.717) is 5.92 Å². The molecule has 0 fully saturated rings. The van der Waals surface area contributed by atoms with E-state index in [1.807, 2.05) is 4.68 Å². The average Bonchev–Trinajstić information content (AvgIpc) is 2.74. The molecule has 0 saturated heterocycles.